The molecule has 4 heteroatoms. The third-order valence-electron chi connectivity index (χ3n) is 1.80. The Morgan fingerprint density at radius 1 is 1.53 bits per heavy atom. The second kappa shape index (κ2) is 5.26. The predicted molar refractivity (Wildman–Crippen MR) is 59.6 cm³/mol. The summed E-state index contributed by atoms with van der Waals surface area (Å²) in [5.41, 5.74) is 0.299. The summed E-state index contributed by atoms with van der Waals surface area (Å²) in [6.07, 6.45) is 0.624. The van der Waals surface area contributed by atoms with Crippen molar-refractivity contribution >= 4 is 22.2 Å². The average molecular weight is 275 g/mol. The number of aldehydes is 1. The van der Waals surface area contributed by atoms with E-state index in [1.165, 1.54) is 6.07 Å². The third kappa shape index (κ3) is 3.02. The molecule has 0 saturated heterocycles. The summed E-state index contributed by atoms with van der Waals surface area (Å²) >= 11 is 3.27. The van der Waals surface area contributed by atoms with Gasteiger partial charge in [-0.05, 0) is 41.9 Å². The van der Waals surface area contributed by atoms with Crippen LogP contribution in [0, 0.1) is 5.82 Å². The van der Waals surface area contributed by atoms with Crippen LogP contribution in [0.4, 0.5) is 4.39 Å². The number of hydrogen-bond acceptors (Lipinski definition) is 2. The topological polar surface area (TPSA) is 26.3 Å². The van der Waals surface area contributed by atoms with E-state index in [0.29, 0.717) is 22.1 Å². The van der Waals surface area contributed by atoms with Gasteiger partial charge in [0.2, 0.25) is 0 Å². The van der Waals surface area contributed by atoms with Gasteiger partial charge in [0.15, 0.2) is 0 Å². The lowest BCUT2D eigenvalue weighted by Gasteiger charge is -2.15. The van der Waals surface area contributed by atoms with Crippen LogP contribution in [-0.2, 0) is 11.2 Å². The maximum Gasteiger partial charge on any atom is 0.140 e. The SMILES string of the molecule is CC(C)Oc1c(Br)ccc(F)c1CC=O. The molecule has 0 N–H and O–H groups in total. The van der Waals surface area contributed by atoms with Crippen molar-refractivity contribution < 1.29 is 13.9 Å². The molecule has 0 radical (unpaired) electrons. The summed E-state index contributed by atoms with van der Waals surface area (Å²) in [5.74, 6) is -0.00181. The number of halogens is 2. The van der Waals surface area contributed by atoms with Crippen LogP contribution in [-0.4, -0.2) is 12.4 Å². The predicted octanol–water partition coefficient (Wildman–Crippen LogP) is 3.12. The molecule has 0 aliphatic carbocycles. The lowest BCUT2D eigenvalue weighted by Crippen LogP contribution is -2.09. The standard InChI is InChI=1S/C11H12BrFO2/c1-7(2)15-11-8(5-6-14)10(13)4-3-9(11)12/h3-4,6-7H,5H2,1-2H3. The van der Waals surface area contributed by atoms with Gasteiger partial charge in [-0.3, -0.25) is 0 Å². The van der Waals surface area contributed by atoms with E-state index in [1.807, 2.05) is 13.8 Å². The lowest BCUT2D eigenvalue weighted by molar-refractivity contribution is -0.107. The molecule has 1 aromatic carbocycles. The van der Waals surface area contributed by atoms with Crippen LogP contribution in [0.5, 0.6) is 5.75 Å². The van der Waals surface area contributed by atoms with E-state index < -0.39 is 5.82 Å². The first-order chi connectivity index (χ1) is 7.06. The molecule has 2 nitrogen and oxygen atoms in total. The zero-order valence-electron chi connectivity index (χ0n) is 8.59. The minimum atomic E-state index is -0.416. The number of hydrogen-bond donors (Lipinski definition) is 0. The van der Waals surface area contributed by atoms with E-state index in [9.17, 15) is 9.18 Å². The van der Waals surface area contributed by atoms with Gasteiger partial charge in [-0.2, -0.15) is 0 Å². The fourth-order valence-electron chi connectivity index (χ4n) is 1.21. The first kappa shape index (κ1) is 12.2. The van der Waals surface area contributed by atoms with E-state index in [2.05, 4.69) is 15.9 Å². The van der Waals surface area contributed by atoms with Crippen LogP contribution < -0.4 is 4.74 Å². The van der Waals surface area contributed by atoms with Crippen molar-refractivity contribution in [1.82, 2.24) is 0 Å². The highest BCUT2D eigenvalue weighted by Gasteiger charge is 2.14. The van der Waals surface area contributed by atoms with E-state index >= 15 is 0 Å². The highest BCUT2D eigenvalue weighted by molar-refractivity contribution is 9.10. The van der Waals surface area contributed by atoms with Gasteiger partial charge in [0, 0.05) is 12.0 Å². The van der Waals surface area contributed by atoms with Crippen molar-refractivity contribution in [3.05, 3.63) is 28.0 Å². The molecule has 0 spiro atoms. The van der Waals surface area contributed by atoms with Gasteiger partial charge in [0.05, 0.1) is 10.6 Å². The first-order valence-corrected chi connectivity index (χ1v) is 5.42. The second-order valence-corrected chi connectivity index (χ2v) is 4.23. The highest BCUT2D eigenvalue weighted by Crippen LogP contribution is 2.32. The minimum Gasteiger partial charge on any atom is -0.489 e. The maximum absolute atomic E-state index is 13.4. The number of carbonyl (C=O) groups excluding carboxylic acids is 1. The number of carbonyl (C=O) groups is 1. The van der Waals surface area contributed by atoms with Gasteiger partial charge in [-0.15, -0.1) is 0 Å². The molecular weight excluding hydrogens is 263 g/mol. The molecule has 0 saturated carbocycles. The highest BCUT2D eigenvalue weighted by atomic mass is 79.9. The minimum absolute atomic E-state index is 0.0212. The molecule has 0 bridgehead atoms. The van der Waals surface area contributed by atoms with Gasteiger partial charge in [0.1, 0.15) is 17.9 Å². The molecule has 1 aromatic rings. The molecular formula is C11H12BrFO2. The van der Waals surface area contributed by atoms with Crippen LogP contribution in [0.15, 0.2) is 16.6 Å². The Balaban J connectivity index is 3.18. The Labute approximate surface area is 96.6 Å². The number of benzene rings is 1. The van der Waals surface area contributed by atoms with Crippen LogP contribution in [0.3, 0.4) is 0 Å². The zero-order valence-corrected chi connectivity index (χ0v) is 10.2. The van der Waals surface area contributed by atoms with Crippen molar-refractivity contribution in [2.24, 2.45) is 0 Å². The molecule has 0 aromatic heterocycles. The number of ether oxygens (including phenoxy) is 1. The Bertz CT molecular complexity index is 364. The monoisotopic (exact) mass is 274 g/mol. The summed E-state index contributed by atoms with van der Waals surface area (Å²) < 4.78 is 19.5. The lowest BCUT2D eigenvalue weighted by atomic mass is 10.1. The fraction of sp³-hybridized carbons (Fsp3) is 0.364. The molecule has 0 aliphatic heterocycles. The van der Waals surface area contributed by atoms with Gasteiger partial charge >= 0.3 is 0 Å². The summed E-state index contributed by atoms with van der Waals surface area (Å²) in [6, 6.07) is 2.89. The summed E-state index contributed by atoms with van der Waals surface area (Å²) in [5, 5.41) is 0. The zero-order chi connectivity index (χ0) is 11.4. The van der Waals surface area contributed by atoms with Crippen molar-refractivity contribution in [3.8, 4) is 5.75 Å². The molecule has 0 unspecified atom stereocenters. The van der Waals surface area contributed by atoms with E-state index in [-0.39, 0.29) is 12.5 Å². The van der Waals surface area contributed by atoms with Crippen molar-refractivity contribution in [2.45, 2.75) is 26.4 Å². The second-order valence-electron chi connectivity index (χ2n) is 3.37. The first-order valence-electron chi connectivity index (χ1n) is 4.63. The van der Waals surface area contributed by atoms with Crippen LogP contribution in [0.25, 0.3) is 0 Å². The quantitative estimate of drug-likeness (QED) is 0.789. The Morgan fingerprint density at radius 3 is 2.73 bits per heavy atom. The van der Waals surface area contributed by atoms with Gasteiger partial charge in [0.25, 0.3) is 0 Å². The molecule has 0 aliphatic rings. The molecule has 1 rings (SSSR count). The molecule has 82 valence electrons. The van der Waals surface area contributed by atoms with Crippen molar-refractivity contribution in [1.29, 1.82) is 0 Å². The molecule has 0 amide bonds. The normalized spacial score (nSPS) is 10.5. The Kier molecular flexibility index (Phi) is 4.27. The van der Waals surface area contributed by atoms with Gasteiger partial charge in [-0.1, -0.05) is 0 Å². The largest absolute Gasteiger partial charge is 0.489 e. The van der Waals surface area contributed by atoms with E-state index in [1.54, 1.807) is 6.07 Å². The summed E-state index contributed by atoms with van der Waals surface area (Å²) in [6.45, 7) is 3.70. The van der Waals surface area contributed by atoms with Gasteiger partial charge in [-0.25, -0.2) is 4.39 Å². The molecule has 0 heterocycles. The number of rotatable bonds is 4. The Hall–Kier alpha value is -0.900. The maximum atomic E-state index is 13.4. The average Bonchev–Trinajstić information content (AvgIpc) is 2.17. The summed E-state index contributed by atoms with van der Waals surface area (Å²) in [7, 11) is 0. The summed E-state index contributed by atoms with van der Waals surface area (Å²) in [4.78, 5) is 10.4. The smallest absolute Gasteiger partial charge is 0.140 e. The van der Waals surface area contributed by atoms with Crippen LogP contribution >= 0.6 is 15.9 Å². The van der Waals surface area contributed by atoms with E-state index in [0.717, 1.165) is 0 Å². The van der Waals surface area contributed by atoms with Crippen molar-refractivity contribution in [3.63, 3.8) is 0 Å². The van der Waals surface area contributed by atoms with Crippen molar-refractivity contribution in [2.75, 3.05) is 0 Å². The fourth-order valence-corrected chi connectivity index (χ4v) is 1.68. The molecule has 0 fully saturated rings. The van der Waals surface area contributed by atoms with Crippen LogP contribution in [0.1, 0.15) is 19.4 Å². The third-order valence-corrected chi connectivity index (χ3v) is 2.42. The Morgan fingerprint density at radius 2 is 2.20 bits per heavy atom. The van der Waals surface area contributed by atoms with Gasteiger partial charge < -0.3 is 9.53 Å². The van der Waals surface area contributed by atoms with E-state index in [4.69, 9.17) is 4.74 Å². The molecule has 15 heavy (non-hydrogen) atoms. The molecule has 0 atom stereocenters. The van der Waals surface area contributed by atoms with Crippen LogP contribution in [0.2, 0.25) is 0 Å².